The first-order valence-electron chi connectivity index (χ1n) is 13.4. The standard InChI is InChI=1S/C29H34N8O5/c1-17-9-23(34(3)13-17)24(40)11-20-15-36(5)27(32-20)25(41)12-21-16-37(6)28(33-21)29(42)30-8-7-22(39)10-19-14-35(4)26(31-19)18(2)38/h9,13-16H,7-8,10-12H2,1-6H3,(H,30,42). The van der Waals surface area contributed by atoms with E-state index in [-0.39, 0.29) is 72.8 Å². The van der Waals surface area contributed by atoms with Crippen LogP contribution in [0.4, 0.5) is 0 Å². The Morgan fingerprint density at radius 1 is 0.690 bits per heavy atom. The van der Waals surface area contributed by atoms with E-state index < -0.39 is 5.91 Å². The topological polar surface area (TPSA) is 156 Å². The first kappa shape index (κ1) is 30.0. The Kier molecular flexibility index (Phi) is 8.79. The number of imidazole rings is 3. The maximum atomic E-state index is 13.0. The first-order chi connectivity index (χ1) is 19.8. The predicted molar refractivity (Wildman–Crippen MR) is 152 cm³/mol. The zero-order valence-electron chi connectivity index (χ0n) is 24.6. The fourth-order valence-electron chi connectivity index (χ4n) is 4.83. The number of carbonyl (C=O) groups is 5. The summed E-state index contributed by atoms with van der Waals surface area (Å²) in [4.78, 5) is 75.2. The van der Waals surface area contributed by atoms with Gasteiger partial charge in [-0.25, -0.2) is 15.0 Å². The van der Waals surface area contributed by atoms with Gasteiger partial charge < -0.3 is 23.6 Å². The Balaban J connectivity index is 1.31. The average Bonchev–Trinajstić information content (AvgIpc) is 3.64. The highest BCUT2D eigenvalue weighted by Gasteiger charge is 2.21. The van der Waals surface area contributed by atoms with Gasteiger partial charge in [-0.05, 0) is 18.6 Å². The summed E-state index contributed by atoms with van der Waals surface area (Å²) in [6.07, 6.45) is 6.89. The van der Waals surface area contributed by atoms with E-state index in [2.05, 4.69) is 20.3 Å². The van der Waals surface area contributed by atoms with E-state index >= 15 is 0 Å². The number of amides is 1. The van der Waals surface area contributed by atoms with Crippen LogP contribution < -0.4 is 5.32 Å². The number of rotatable bonds is 13. The molecule has 4 aromatic rings. The van der Waals surface area contributed by atoms with Gasteiger partial charge in [-0.15, -0.1) is 0 Å². The molecule has 0 saturated heterocycles. The van der Waals surface area contributed by atoms with Gasteiger partial charge in [-0.2, -0.15) is 0 Å². The quantitative estimate of drug-likeness (QED) is 0.236. The minimum atomic E-state index is -0.477. The molecule has 0 bridgehead atoms. The average molecular weight is 575 g/mol. The van der Waals surface area contributed by atoms with Gasteiger partial charge in [0.1, 0.15) is 5.78 Å². The van der Waals surface area contributed by atoms with E-state index in [0.29, 0.717) is 22.8 Å². The molecular weight excluding hydrogens is 540 g/mol. The molecule has 220 valence electrons. The van der Waals surface area contributed by atoms with Crippen LogP contribution in [-0.2, 0) is 52.2 Å². The number of carbonyl (C=O) groups excluding carboxylic acids is 5. The molecule has 0 aliphatic rings. The lowest BCUT2D eigenvalue weighted by Gasteiger charge is -2.04. The van der Waals surface area contributed by atoms with Crippen molar-refractivity contribution in [3.05, 3.63) is 76.7 Å². The Morgan fingerprint density at radius 3 is 1.79 bits per heavy atom. The predicted octanol–water partition coefficient (Wildman–Crippen LogP) is 1.52. The second-order valence-corrected chi connectivity index (χ2v) is 10.5. The van der Waals surface area contributed by atoms with Crippen LogP contribution in [0.25, 0.3) is 0 Å². The summed E-state index contributed by atoms with van der Waals surface area (Å²) < 4.78 is 6.45. The second kappa shape index (κ2) is 12.3. The summed E-state index contributed by atoms with van der Waals surface area (Å²) >= 11 is 0. The summed E-state index contributed by atoms with van der Waals surface area (Å²) in [5.41, 5.74) is 2.93. The second-order valence-electron chi connectivity index (χ2n) is 10.5. The fourth-order valence-corrected chi connectivity index (χ4v) is 4.83. The monoisotopic (exact) mass is 574 g/mol. The summed E-state index contributed by atoms with van der Waals surface area (Å²) in [5, 5.41) is 2.68. The van der Waals surface area contributed by atoms with Gasteiger partial charge >= 0.3 is 0 Å². The SMILES string of the molecule is CC(=O)c1nc(CC(=O)CCNC(=O)c2nc(CC(=O)c3nc(CC(=O)c4cc(C)cn4C)cn3C)cn2C)cn1C. The maximum absolute atomic E-state index is 13.0. The molecule has 13 nitrogen and oxygen atoms in total. The van der Waals surface area contributed by atoms with Crippen molar-refractivity contribution in [1.82, 2.24) is 38.5 Å². The Morgan fingerprint density at radius 2 is 1.21 bits per heavy atom. The van der Waals surface area contributed by atoms with Crippen LogP contribution in [0, 0.1) is 6.92 Å². The zero-order chi connectivity index (χ0) is 30.7. The van der Waals surface area contributed by atoms with Crippen LogP contribution >= 0.6 is 0 Å². The number of hydrogen-bond acceptors (Lipinski definition) is 8. The molecule has 0 aromatic carbocycles. The largest absolute Gasteiger partial charge is 0.349 e. The first-order valence-corrected chi connectivity index (χ1v) is 13.4. The van der Waals surface area contributed by atoms with E-state index in [1.54, 1.807) is 53.4 Å². The minimum absolute atomic E-state index is 0.0561. The fraction of sp³-hybridized carbons (Fsp3) is 0.379. The van der Waals surface area contributed by atoms with Crippen LogP contribution in [0.3, 0.4) is 0 Å². The van der Waals surface area contributed by atoms with Crippen molar-refractivity contribution in [3.8, 4) is 0 Å². The molecule has 4 aromatic heterocycles. The molecule has 42 heavy (non-hydrogen) atoms. The van der Waals surface area contributed by atoms with E-state index in [1.165, 1.54) is 11.5 Å². The number of aryl methyl sites for hydroxylation is 5. The van der Waals surface area contributed by atoms with Crippen molar-refractivity contribution in [2.75, 3.05) is 6.54 Å². The van der Waals surface area contributed by atoms with Crippen LogP contribution in [-0.4, -0.2) is 68.8 Å². The Hall–Kier alpha value is -4.94. The lowest BCUT2D eigenvalue weighted by molar-refractivity contribution is -0.118. The molecule has 0 aliphatic carbocycles. The molecule has 0 saturated carbocycles. The van der Waals surface area contributed by atoms with E-state index in [9.17, 15) is 24.0 Å². The molecule has 4 heterocycles. The number of Topliss-reactive ketones (excluding diaryl/α,β-unsaturated/α-hetero) is 4. The van der Waals surface area contributed by atoms with Crippen molar-refractivity contribution in [2.45, 2.75) is 39.5 Å². The lowest BCUT2D eigenvalue weighted by Crippen LogP contribution is -2.28. The highest BCUT2D eigenvalue weighted by molar-refractivity contribution is 5.97. The van der Waals surface area contributed by atoms with E-state index in [1.807, 2.05) is 26.2 Å². The highest BCUT2D eigenvalue weighted by atomic mass is 16.2. The molecule has 0 aliphatic heterocycles. The third-order valence-corrected chi connectivity index (χ3v) is 6.72. The molecular formula is C29H34N8O5. The molecule has 0 spiro atoms. The van der Waals surface area contributed by atoms with Gasteiger partial charge in [0.2, 0.25) is 5.78 Å². The minimum Gasteiger partial charge on any atom is -0.349 e. The number of aromatic nitrogens is 7. The molecule has 0 atom stereocenters. The molecule has 0 radical (unpaired) electrons. The van der Waals surface area contributed by atoms with E-state index in [4.69, 9.17) is 0 Å². The number of ketones is 4. The third kappa shape index (κ3) is 6.85. The van der Waals surface area contributed by atoms with Crippen LogP contribution in [0.15, 0.2) is 30.9 Å². The summed E-state index contributed by atoms with van der Waals surface area (Å²) in [6.45, 7) is 3.43. The smallest absolute Gasteiger partial charge is 0.287 e. The number of nitrogens with zero attached hydrogens (tertiary/aromatic N) is 7. The molecule has 0 unspecified atom stereocenters. The zero-order valence-corrected chi connectivity index (χ0v) is 24.6. The Labute approximate surface area is 242 Å². The van der Waals surface area contributed by atoms with Crippen LogP contribution in [0.1, 0.15) is 78.3 Å². The summed E-state index contributed by atoms with van der Waals surface area (Å²) in [6, 6.07) is 1.82. The maximum Gasteiger partial charge on any atom is 0.287 e. The normalized spacial score (nSPS) is 11.1. The van der Waals surface area contributed by atoms with Crippen molar-refractivity contribution < 1.29 is 24.0 Å². The molecule has 0 fully saturated rings. The van der Waals surface area contributed by atoms with Gasteiger partial charge in [-0.3, -0.25) is 24.0 Å². The van der Waals surface area contributed by atoms with Crippen LogP contribution in [0.5, 0.6) is 0 Å². The molecule has 4 rings (SSSR count). The summed E-state index contributed by atoms with van der Waals surface area (Å²) in [7, 11) is 6.83. The highest BCUT2D eigenvalue weighted by Crippen LogP contribution is 2.13. The van der Waals surface area contributed by atoms with Gasteiger partial charge in [0.15, 0.2) is 29.0 Å². The number of nitrogens with one attached hydrogen (secondary N) is 1. The summed E-state index contributed by atoms with van der Waals surface area (Å²) in [5.74, 6) is -0.614. The molecule has 13 heteroatoms. The molecule has 1 N–H and O–H groups in total. The van der Waals surface area contributed by atoms with Crippen molar-refractivity contribution in [2.24, 2.45) is 28.2 Å². The van der Waals surface area contributed by atoms with Gasteiger partial charge in [0.05, 0.1) is 42.0 Å². The van der Waals surface area contributed by atoms with Gasteiger partial charge in [-0.1, -0.05) is 0 Å². The Bertz CT molecular complexity index is 1700. The lowest BCUT2D eigenvalue weighted by atomic mass is 10.1. The number of hydrogen-bond donors (Lipinski definition) is 1. The van der Waals surface area contributed by atoms with Gasteiger partial charge in [0.25, 0.3) is 5.91 Å². The van der Waals surface area contributed by atoms with Crippen molar-refractivity contribution in [1.29, 1.82) is 0 Å². The van der Waals surface area contributed by atoms with Crippen molar-refractivity contribution >= 4 is 29.0 Å². The third-order valence-electron chi connectivity index (χ3n) is 6.72. The van der Waals surface area contributed by atoms with Gasteiger partial charge in [0, 0.05) is 72.9 Å². The molecule has 1 amide bonds. The van der Waals surface area contributed by atoms with Crippen LogP contribution in [0.2, 0.25) is 0 Å². The van der Waals surface area contributed by atoms with E-state index in [0.717, 1.165) is 5.56 Å². The van der Waals surface area contributed by atoms with Crippen molar-refractivity contribution in [3.63, 3.8) is 0 Å².